The Labute approximate surface area is 175 Å². The largest absolute Gasteiger partial charge is 0.326 e. The second kappa shape index (κ2) is 9.56. The van der Waals surface area contributed by atoms with Crippen molar-refractivity contribution in [2.75, 3.05) is 16.4 Å². The molecule has 0 saturated carbocycles. The minimum atomic E-state index is -0.0893. The quantitative estimate of drug-likeness (QED) is 0.529. The van der Waals surface area contributed by atoms with Crippen molar-refractivity contribution in [1.82, 2.24) is 4.98 Å². The molecule has 0 aliphatic rings. The van der Waals surface area contributed by atoms with Gasteiger partial charge in [0.1, 0.15) is 5.03 Å². The smallest absolute Gasteiger partial charge is 0.234 e. The van der Waals surface area contributed by atoms with E-state index in [1.807, 2.05) is 6.92 Å². The highest BCUT2D eigenvalue weighted by Crippen LogP contribution is 2.26. The summed E-state index contributed by atoms with van der Waals surface area (Å²) in [5.41, 5.74) is 4.68. The number of amides is 2. The maximum Gasteiger partial charge on any atom is 0.234 e. The Balaban J connectivity index is 1.63. The molecule has 29 heavy (non-hydrogen) atoms. The molecule has 0 saturated heterocycles. The van der Waals surface area contributed by atoms with E-state index >= 15 is 0 Å². The number of rotatable bonds is 7. The van der Waals surface area contributed by atoms with Crippen LogP contribution in [0.15, 0.2) is 53.6 Å². The van der Waals surface area contributed by atoms with Crippen LogP contribution in [-0.4, -0.2) is 22.6 Å². The lowest BCUT2D eigenvalue weighted by molar-refractivity contribution is -0.116. The Morgan fingerprint density at radius 1 is 0.931 bits per heavy atom. The second-order valence-corrected chi connectivity index (χ2v) is 7.78. The number of pyridine rings is 1. The first kappa shape index (κ1) is 20.9. The molecule has 1 heterocycles. The van der Waals surface area contributed by atoms with E-state index in [2.05, 4.69) is 41.8 Å². The van der Waals surface area contributed by atoms with Gasteiger partial charge in [0, 0.05) is 23.2 Å². The third-order valence-corrected chi connectivity index (χ3v) is 5.54. The molecule has 2 amide bonds. The zero-order chi connectivity index (χ0) is 20.8. The average Bonchev–Trinajstić information content (AvgIpc) is 2.72. The van der Waals surface area contributed by atoms with Gasteiger partial charge >= 0.3 is 0 Å². The molecule has 3 rings (SSSR count). The van der Waals surface area contributed by atoms with Crippen molar-refractivity contribution in [2.24, 2.45) is 0 Å². The lowest BCUT2D eigenvalue weighted by atomic mass is 10.1. The molecule has 2 N–H and O–H groups in total. The SMILES string of the molecule is CCC(=O)Nc1ccc(NC(=O)CSc2nc3cc(C)ccc3cc2CC)cc1. The van der Waals surface area contributed by atoms with E-state index in [1.54, 1.807) is 31.2 Å². The molecule has 0 unspecified atom stereocenters. The number of benzene rings is 2. The summed E-state index contributed by atoms with van der Waals surface area (Å²) < 4.78 is 0. The van der Waals surface area contributed by atoms with Crippen LogP contribution in [-0.2, 0) is 16.0 Å². The van der Waals surface area contributed by atoms with Gasteiger partial charge in [0.25, 0.3) is 0 Å². The van der Waals surface area contributed by atoms with E-state index in [4.69, 9.17) is 4.98 Å². The molecule has 0 aliphatic heterocycles. The maximum atomic E-state index is 12.4. The van der Waals surface area contributed by atoms with Crippen molar-refractivity contribution < 1.29 is 9.59 Å². The first-order chi connectivity index (χ1) is 14.0. The van der Waals surface area contributed by atoms with Crippen molar-refractivity contribution in [3.63, 3.8) is 0 Å². The van der Waals surface area contributed by atoms with Crippen LogP contribution in [0.3, 0.4) is 0 Å². The standard InChI is InChI=1S/C23H25N3O2S/c1-4-16-13-17-7-6-15(3)12-20(17)26-23(16)29-14-22(28)25-19-10-8-18(9-11-19)24-21(27)5-2/h6-13H,4-5,14H2,1-3H3,(H,24,27)(H,25,28). The summed E-state index contributed by atoms with van der Waals surface area (Å²) in [6.45, 7) is 5.95. The Kier molecular flexibility index (Phi) is 6.88. The van der Waals surface area contributed by atoms with Gasteiger partial charge < -0.3 is 10.6 Å². The molecule has 5 nitrogen and oxygen atoms in total. The predicted octanol–water partition coefficient (Wildman–Crippen LogP) is 5.18. The average molecular weight is 408 g/mol. The molecule has 2 aromatic carbocycles. The van der Waals surface area contributed by atoms with E-state index in [9.17, 15) is 9.59 Å². The Hall–Kier alpha value is -2.86. The molecule has 0 atom stereocenters. The molecule has 0 aliphatic carbocycles. The summed E-state index contributed by atoms with van der Waals surface area (Å²) >= 11 is 1.45. The lowest BCUT2D eigenvalue weighted by Crippen LogP contribution is -2.14. The van der Waals surface area contributed by atoms with Crippen LogP contribution < -0.4 is 10.6 Å². The number of carbonyl (C=O) groups excluding carboxylic acids is 2. The highest BCUT2D eigenvalue weighted by atomic mass is 32.2. The van der Waals surface area contributed by atoms with Gasteiger partial charge in [-0.1, -0.05) is 37.7 Å². The van der Waals surface area contributed by atoms with Crippen LogP contribution in [0.5, 0.6) is 0 Å². The number of hydrogen-bond donors (Lipinski definition) is 2. The number of thioether (sulfide) groups is 1. The molecule has 6 heteroatoms. The minimum Gasteiger partial charge on any atom is -0.326 e. The Bertz CT molecular complexity index is 1030. The molecule has 0 spiro atoms. The number of carbonyl (C=O) groups is 2. The van der Waals surface area contributed by atoms with Gasteiger partial charge in [0.05, 0.1) is 11.3 Å². The van der Waals surface area contributed by atoms with Crippen LogP contribution in [0.2, 0.25) is 0 Å². The van der Waals surface area contributed by atoms with Crippen LogP contribution in [0.1, 0.15) is 31.4 Å². The second-order valence-electron chi connectivity index (χ2n) is 6.82. The number of aryl methyl sites for hydroxylation is 2. The van der Waals surface area contributed by atoms with Crippen molar-refractivity contribution in [1.29, 1.82) is 0 Å². The third kappa shape index (κ3) is 5.57. The van der Waals surface area contributed by atoms with E-state index in [0.29, 0.717) is 17.8 Å². The molecular weight excluding hydrogens is 382 g/mol. The first-order valence-electron chi connectivity index (χ1n) is 9.71. The minimum absolute atomic E-state index is 0.0389. The summed E-state index contributed by atoms with van der Waals surface area (Å²) in [4.78, 5) is 28.6. The van der Waals surface area contributed by atoms with Crippen molar-refractivity contribution in [2.45, 2.75) is 38.6 Å². The van der Waals surface area contributed by atoms with Gasteiger partial charge in [-0.05, 0) is 60.9 Å². The van der Waals surface area contributed by atoms with Crippen LogP contribution in [0.25, 0.3) is 10.9 Å². The predicted molar refractivity (Wildman–Crippen MR) is 121 cm³/mol. The molecule has 3 aromatic rings. The van der Waals surface area contributed by atoms with Gasteiger partial charge in [-0.25, -0.2) is 4.98 Å². The summed E-state index contributed by atoms with van der Waals surface area (Å²) in [7, 11) is 0. The number of hydrogen-bond acceptors (Lipinski definition) is 4. The Morgan fingerprint density at radius 2 is 1.59 bits per heavy atom. The van der Waals surface area contributed by atoms with Crippen molar-refractivity contribution in [3.05, 3.63) is 59.7 Å². The number of nitrogens with one attached hydrogen (secondary N) is 2. The van der Waals surface area contributed by atoms with Crippen molar-refractivity contribution >= 4 is 45.9 Å². The maximum absolute atomic E-state index is 12.4. The zero-order valence-electron chi connectivity index (χ0n) is 16.9. The molecular formula is C23H25N3O2S. The van der Waals surface area contributed by atoms with Gasteiger partial charge in [0.15, 0.2) is 0 Å². The number of anilines is 2. The topological polar surface area (TPSA) is 71.1 Å². The monoisotopic (exact) mass is 407 g/mol. The Morgan fingerprint density at radius 3 is 2.21 bits per heavy atom. The summed E-state index contributed by atoms with van der Waals surface area (Å²) in [5, 5.41) is 7.70. The molecule has 1 aromatic heterocycles. The molecule has 150 valence electrons. The molecule has 0 fully saturated rings. The van der Waals surface area contributed by atoms with E-state index < -0.39 is 0 Å². The first-order valence-corrected chi connectivity index (χ1v) is 10.7. The fraction of sp³-hybridized carbons (Fsp3) is 0.261. The summed E-state index contributed by atoms with van der Waals surface area (Å²) in [5.74, 6) is 0.155. The van der Waals surface area contributed by atoms with Crippen molar-refractivity contribution in [3.8, 4) is 0 Å². The van der Waals surface area contributed by atoms with Crippen LogP contribution in [0, 0.1) is 6.92 Å². The highest BCUT2D eigenvalue weighted by molar-refractivity contribution is 8.00. The van der Waals surface area contributed by atoms with Crippen LogP contribution in [0.4, 0.5) is 11.4 Å². The van der Waals surface area contributed by atoms with Crippen LogP contribution >= 0.6 is 11.8 Å². The molecule has 0 bridgehead atoms. The summed E-state index contributed by atoms with van der Waals surface area (Å²) in [6, 6.07) is 15.5. The number of nitrogens with zero attached hydrogens (tertiary/aromatic N) is 1. The van der Waals surface area contributed by atoms with Gasteiger partial charge in [-0.15, -0.1) is 0 Å². The summed E-state index contributed by atoms with van der Waals surface area (Å²) in [6.07, 6.45) is 1.30. The lowest BCUT2D eigenvalue weighted by Gasteiger charge is -2.10. The molecule has 0 radical (unpaired) electrons. The number of fused-ring (bicyclic) bond motifs is 1. The fourth-order valence-electron chi connectivity index (χ4n) is 2.90. The van der Waals surface area contributed by atoms with E-state index in [-0.39, 0.29) is 17.6 Å². The fourth-order valence-corrected chi connectivity index (χ4v) is 3.79. The zero-order valence-corrected chi connectivity index (χ0v) is 17.7. The van der Waals surface area contributed by atoms with Gasteiger partial charge in [0.2, 0.25) is 11.8 Å². The van der Waals surface area contributed by atoms with E-state index in [0.717, 1.165) is 27.9 Å². The van der Waals surface area contributed by atoms with Gasteiger partial charge in [-0.2, -0.15) is 0 Å². The number of aromatic nitrogens is 1. The normalized spacial score (nSPS) is 10.7. The third-order valence-electron chi connectivity index (χ3n) is 4.51. The van der Waals surface area contributed by atoms with E-state index in [1.165, 1.54) is 17.3 Å². The highest BCUT2D eigenvalue weighted by Gasteiger charge is 2.10. The van der Waals surface area contributed by atoms with Gasteiger partial charge in [-0.3, -0.25) is 9.59 Å².